The number of benzene rings is 1. The first kappa shape index (κ1) is 11.9. The van der Waals surface area contributed by atoms with Crippen molar-refractivity contribution in [3.05, 3.63) is 82.6 Å². The van der Waals surface area contributed by atoms with Gasteiger partial charge in [0, 0.05) is 12.4 Å². The molecule has 0 saturated carbocycles. The molecule has 0 fully saturated rings. The van der Waals surface area contributed by atoms with Crippen LogP contribution in [0.2, 0.25) is 0 Å². The Morgan fingerprint density at radius 2 is 1.89 bits per heavy atom. The summed E-state index contributed by atoms with van der Waals surface area (Å²) in [7, 11) is 0. The maximum absolute atomic E-state index is 4.29. The van der Waals surface area contributed by atoms with Crippen molar-refractivity contribution >= 4 is 17.4 Å². The standard InChI is InChI=1S/C12H10N2.C4H4S/c1-2-4-10-9(3-1)5-6-11(10)12-13-7-8-14-12;1-2-4-5-3-1/h1-8,11H,(H,13,14);1-4H. The van der Waals surface area contributed by atoms with Crippen LogP contribution in [0.25, 0.3) is 6.08 Å². The van der Waals surface area contributed by atoms with E-state index >= 15 is 0 Å². The second-order valence-electron chi connectivity index (χ2n) is 4.23. The van der Waals surface area contributed by atoms with E-state index in [1.807, 2.05) is 29.1 Å². The quantitative estimate of drug-likeness (QED) is 0.698. The number of allylic oxidation sites excluding steroid dienone is 1. The summed E-state index contributed by atoms with van der Waals surface area (Å²) in [6.45, 7) is 0. The van der Waals surface area contributed by atoms with E-state index in [0.717, 1.165) is 5.82 Å². The van der Waals surface area contributed by atoms with E-state index in [0.29, 0.717) is 5.92 Å². The summed E-state index contributed by atoms with van der Waals surface area (Å²) in [5.41, 5.74) is 2.64. The molecule has 0 amide bonds. The van der Waals surface area contributed by atoms with Gasteiger partial charge in [0.2, 0.25) is 0 Å². The second kappa shape index (κ2) is 5.67. The molecule has 0 saturated heterocycles. The van der Waals surface area contributed by atoms with Gasteiger partial charge in [-0.25, -0.2) is 4.98 Å². The fourth-order valence-corrected chi connectivity index (χ4v) is 2.62. The lowest BCUT2D eigenvalue weighted by atomic mass is 10.0. The second-order valence-corrected chi connectivity index (χ2v) is 5.05. The lowest BCUT2D eigenvalue weighted by Crippen LogP contribution is -1.97. The maximum atomic E-state index is 4.29. The molecule has 1 aromatic carbocycles. The first-order chi connectivity index (χ1) is 9.45. The van der Waals surface area contributed by atoms with Crippen molar-refractivity contribution in [1.82, 2.24) is 9.97 Å². The maximum Gasteiger partial charge on any atom is 0.117 e. The van der Waals surface area contributed by atoms with Gasteiger partial charge >= 0.3 is 0 Å². The summed E-state index contributed by atoms with van der Waals surface area (Å²) in [4.78, 5) is 7.45. The number of aromatic nitrogens is 2. The largest absolute Gasteiger partial charge is 0.348 e. The van der Waals surface area contributed by atoms with Crippen LogP contribution in [0.5, 0.6) is 0 Å². The Kier molecular flexibility index (Phi) is 3.56. The lowest BCUT2D eigenvalue weighted by molar-refractivity contribution is 0.930. The molecule has 3 aromatic rings. The fourth-order valence-electron chi connectivity index (χ4n) is 2.16. The molecule has 1 aliphatic carbocycles. The third-order valence-corrected chi connectivity index (χ3v) is 3.67. The zero-order valence-corrected chi connectivity index (χ0v) is 11.2. The highest BCUT2D eigenvalue weighted by Crippen LogP contribution is 2.32. The summed E-state index contributed by atoms with van der Waals surface area (Å²) in [6.07, 6.45) is 8.00. The Morgan fingerprint density at radius 1 is 1.05 bits per heavy atom. The number of aromatic amines is 1. The average molecular weight is 266 g/mol. The highest BCUT2D eigenvalue weighted by Gasteiger charge is 2.19. The van der Waals surface area contributed by atoms with E-state index in [2.05, 4.69) is 46.4 Å². The number of nitrogens with zero attached hydrogens (tertiary/aromatic N) is 1. The number of thiophene rings is 1. The number of hydrogen-bond donors (Lipinski definition) is 1. The van der Waals surface area contributed by atoms with Crippen LogP contribution in [0.15, 0.2) is 65.6 Å². The molecule has 3 heteroatoms. The van der Waals surface area contributed by atoms with Crippen molar-refractivity contribution in [1.29, 1.82) is 0 Å². The van der Waals surface area contributed by atoms with Crippen LogP contribution in [0, 0.1) is 0 Å². The smallest absolute Gasteiger partial charge is 0.117 e. The number of nitrogens with one attached hydrogen (secondary N) is 1. The zero-order valence-electron chi connectivity index (χ0n) is 10.4. The molecular formula is C16H14N2S. The molecule has 2 nitrogen and oxygen atoms in total. The fraction of sp³-hybridized carbons (Fsp3) is 0.0625. The molecule has 2 heterocycles. The number of hydrogen-bond acceptors (Lipinski definition) is 2. The molecule has 1 N–H and O–H groups in total. The minimum Gasteiger partial charge on any atom is -0.348 e. The molecule has 1 aliphatic rings. The van der Waals surface area contributed by atoms with Crippen LogP contribution >= 0.6 is 11.3 Å². The van der Waals surface area contributed by atoms with Gasteiger partial charge in [0.1, 0.15) is 5.82 Å². The summed E-state index contributed by atoms with van der Waals surface area (Å²) in [5.74, 6) is 1.33. The number of imidazole rings is 1. The molecule has 0 spiro atoms. The van der Waals surface area contributed by atoms with Crippen LogP contribution in [-0.4, -0.2) is 9.97 Å². The molecule has 0 aliphatic heterocycles. The van der Waals surface area contributed by atoms with E-state index in [9.17, 15) is 0 Å². The third kappa shape index (κ3) is 2.66. The van der Waals surface area contributed by atoms with Crippen molar-refractivity contribution in [3.63, 3.8) is 0 Å². The first-order valence-corrected chi connectivity index (χ1v) is 7.13. The highest BCUT2D eigenvalue weighted by atomic mass is 32.1. The molecule has 2 aromatic heterocycles. The summed E-state index contributed by atoms with van der Waals surface area (Å²) in [5, 5.41) is 4.08. The Morgan fingerprint density at radius 3 is 2.58 bits per heavy atom. The highest BCUT2D eigenvalue weighted by molar-refractivity contribution is 7.07. The SMILES string of the molecule is C1=CC(c2ncc[nH]2)c2ccccc21.c1ccsc1. The Bertz CT molecular complexity index is 622. The van der Waals surface area contributed by atoms with Gasteiger partial charge in [0.25, 0.3) is 0 Å². The van der Waals surface area contributed by atoms with Crippen LogP contribution in [-0.2, 0) is 0 Å². The van der Waals surface area contributed by atoms with Gasteiger partial charge in [-0.2, -0.15) is 11.3 Å². The molecule has 4 rings (SSSR count). The van der Waals surface area contributed by atoms with Gasteiger partial charge < -0.3 is 4.98 Å². The minimum atomic E-state index is 0.307. The molecule has 94 valence electrons. The average Bonchev–Trinajstić information content (AvgIpc) is 3.21. The predicted octanol–water partition coefficient (Wildman–Crippen LogP) is 4.32. The molecule has 19 heavy (non-hydrogen) atoms. The Labute approximate surface area is 116 Å². The topological polar surface area (TPSA) is 28.7 Å². The number of fused-ring (bicyclic) bond motifs is 1. The zero-order chi connectivity index (χ0) is 12.9. The molecule has 1 atom stereocenters. The van der Waals surface area contributed by atoms with E-state index in [-0.39, 0.29) is 0 Å². The monoisotopic (exact) mass is 266 g/mol. The van der Waals surface area contributed by atoms with Crippen LogP contribution in [0.4, 0.5) is 0 Å². The Hall–Kier alpha value is -2.13. The molecular weight excluding hydrogens is 252 g/mol. The van der Waals surface area contributed by atoms with Gasteiger partial charge in [-0.15, -0.1) is 0 Å². The number of rotatable bonds is 1. The van der Waals surface area contributed by atoms with E-state index in [4.69, 9.17) is 0 Å². The first-order valence-electron chi connectivity index (χ1n) is 6.19. The van der Waals surface area contributed by atoms with Gasteiger partial charge in [-0.05, 0) is 21.9 Å². The minimum absolute atomic E-state index is 0.307. The van der Waals surface area contributed by atoms with Crippen LogP contribution in [0.3, 0.4) is 0 Å². The Balaban J connectivity index is 0.000000187. The molecule has 0 bridgehead atoms. The normalized spacial score (nSPS) is 15.7. The summed E-state index contributed by atoms with van der Waals surface area (Å²) < 4.78 is 0. The third-order valence-electron chi connectivity index (χ3n) is 3.04. The molecule has 0 radical (unpaired) electrons. The van der Waals surface area contributed by atoms with Gasteiger partial charge in [-0.1, -0.05) is 48.6 Å². The van der Waals surface area contributed by atoms with Crippen molar-refractivity contribution in [3.8, 4) is 0 Å². The van der Waals surface area contributed by atoms with Crippen LogP contribution < -0.4 is 0 Å². The summed E-state index contributed by atoms with van der Waals surface area (Å²) in [6, 6.07) is 12.5. The van der Waals surface area contributed by atoms with Gasteiger partial charge in [-0.3, -0.25) is 0 Å². The summed E-state index contributed by atoms with van der Waals surface area (Å²) >= 11 is 1.71. The van der Waals surface area contributed by atoms with E-state index in [1.54, 1.807) is 17.5 Å². The van der Waals surface area contributed by atoms with E-state index in [1.165, 1.54) is 11.1 Å². The molecule has 1 unspecified atom stereocenters. The van der Waals surface area contributed by atoms with Crippen molar-refractivity contribution in [2.75, 3.05) is 0 Å². The van der Waals surface area contributed by atoms with Crippen molar-refractivity contribution < 1.29 is 0 Å². The number of H-pyrrole nitrogens is 1. The van der Waals surface area contributed by atoms with Crippen molar-refractivity contribution in [2.24, 2.45) is 0 Å². The van der Waals surface area contributed by atoms with E-state index < -0.39 is 0 Å². The van der Waals surface area contributed by atoms with Gasteiger partial charge in [0.05, 0.1) is 5.92 Å². The predicted molar refractivity (Wildman–Crippen MR) is 80.2 cm³/mol. The lowest BCUT2D eigenvalue weighted by Gasteiger charge is -2.06. The van der Waals surface area contributed by atoms with Gasteiger partial charge in [0.15, 0.2) is 0 Å². The van der Waals surface area contributed by atoms with Crippen molar-refractivity contribution in [2.45, 2.75) is 5.92 Å². The van der Waals surface area contributed by atoms with Crippen LogP contribution in [0.1, 0.15) is 22.9 Å².